The fraction of sp³-hybridized carbons (Fsp3) is 0.467. The van der Waals surface area contributed by atoms with Gasteiger partial charge in [-0.1, -0.05) is 0 Å². The second-order valence-corrected chi connectivity index (χ2v) is 5.64. The maximum absolute atomic E-state index is 12.0. The molecule has 0 spiro atoms. The number of nitrogens with one attached hydrogen (secondary N) is 1. The molecule has 0 aliphatic rings. The molecule has 8 heteroatoms. The second kappa shape index (κ2) is 6.23. The average molecular weight is 320 g/mol. The van der Waals surface area contributed by atoms with Crippen LogP contribution in [0.25, 0.3) is 11.0 Å². The smallest absolute Gasteiger partial charge is 0.323 e. The molecule has 2 heterocycles. The van der Waals surface area contributed by atoms with Gasteiger partial charge in [-0.2, -0.15) is 0 Å². The van der Waals surface area contributed by atoms with E-state index in [0.29, 0.717) is 17.5 Å². The van der Waals surface area contributed by atoms with Crippen LogP contribution in [0.4, 0.5) is 0 Å². The number of pyridine rings is 1. The largest absolute Gasteiger partial charge is 0.480 e. The van der Waals surface area contributed by atoms with Crippen molar-refractivity contribution in [3.8, 4) is 0 Å². The number of nitrogens with zero attached hydrogens (tertiary/aromatic N) is 3. The quantitative estimate of drug-likeness (QED) is 0.826. The molecule has 0 radical (unpaired) electrons. The molecule has 1 amide bonds. The summed E-state index contributed by atoms with van der Waals surface area (Å²) < 4.78 is 1.58. The zero-order valence-electron chi connectivity index (χ0n) is 13.6. The number of carbonyl (C=O) groups is 2. The molecule has 2 aromatic heterocycles. The van der Waals surface area contributed by atoms with Crippen LogP contribution in [0.5, 0.6) is 0 Å². The molecule has 23 heavy (non-hydrogen) atoms. The number of aromatic amines is 1. The van der Waals surface area contributed by atoms with Crippen molar-refractivity contribution in [1.29, 1.82) is 0 Å². The van der Waals surface area contributed by atoms with Crippen LogP contribution in [0, 0.1) is 13.8 Å². The van der Waals surface area contributed by atoms with Gasteiger partial charge in [-0.3, -0.25) is 24.2 Å². The number of likely N-dealkylation sites (N-methyl/N-ethyl adjacent to an activating group) is 1. The van der Waals surface area contributed by atoms with Crippen LogP contribution in [-0.4, -0.2) is 50.2 Å². The molecular weight excluding hydrogens is 300 g/mol. The minimum absolute atomic E-state index is 0.170. The Morgan fingerprint density at radius 1 is 1.35 bits per heavy atom. The molecule has 0 saturated heterocycles. The monoisotopic (exact) mass is 320 g/mol. The van der Waals surface area contributed by atoms with Gasteiger partial charge in [-0.15, -0.1) is 0 Å². The molecule has 8 nitrogen and oxygen atoms in total. The van der Waals surface area contributed by atoms with Crippen molar-refractivity contribution in [3.05, 3.63) is 27.2 Å². The van der Waals surface area contributed by atoms with Gasteiger partial charge in [-0.05, 0) is 31.4 Å². The van der Waals surface area contributed by atoms with Gasteiger partial charge in [0.1, 0.15) is 6.54 Å². The van der Waals surface area contributed by atoms with Gasteiger partial charge in [0.05, 0.1) is 5.39 Å². The summed E-state index contributed by atoms with van der Waals surface area (Å²) in [5, 5.41) is 11.9. The van der Waals surface area contributed by atoms with E-state index in [9.17, 15) is 14.4 Å². The lowest BCUT2D eigenvalue weighted by atomic mass is 10.00. The third kappa shape index (κ3) is 3.25. The van der Waals surface area contributed by atoms with E-state index in [1.54, 1.807) is 11.7 Å². The molecule has 0 aliphatic carbocycles. The van der Waals surface area contributed by atoms with Crippen LogP contribution in [-0.2, 0) is 23.1 Å². The molecule has 0 saturated carbocycles. The van der Waals surface area contributed by atoms with E-state index < -0.39 is 5.97 Å². The van der Waals surface area contributed by atoms with Crippen LogP contribution >= 0.6 is 0 Å². The highest BCUT2D eigenvalue weighted by atomic mass is 16.4. The number of rotatable bonds is 5. The number of H-pyrrole nitrogens is 1. The lowest BCUT2D eigenvalue weighted by Gasteiger charge is -2.15. The maximum atomic E-state index is 12.0. The van der Waals surface area contributed by atoms with Gasteiger partial charge in [0.25, 0.3) is 5.56 Å². The Bertz CT molecular complexity index is 834. The van der Waals surface area contributed by atoms with Gasteiger partial charge >= 0.3 is 5.97 Å². The Morgan fingerprint density at radius 3 is 2.61 bits per heavy atom. The summed E-state index contributed by atoms with van der Waals surface area (Å²) in [5.74, 6) is -1.31. The highest BCUT2D eigenvalue weighted by Gasteiger charge is 2.17. The maximum Gasteiger partial charge on any atom is 0.323 e. The number of aliphatic carboxylic acids is 1. The molecule has 2 aromatic rings. The van der Waals surface area contributed by atoms with Crippen LogP contribution in [0.2, 0.25) is 0 Å². The van der Waals surface area contributed by atoms with Gasteiger partial charge in [0.15, 0.2) is 5.65 Å². The normalized spacial score (nSPS) is 11.0. The Morgan fingerprint density at radius 2 is 2.00 bits per heavy atom. The first-order valence-electron chi connectivity index (χ1n) is 7.23. The minimum atomic E-state index is -1.05. The molecule has 0 atom stereocenters. The Labute approximate surface area is 132 Å². The Balaban J connectivity index is 2.27. The molecule has 0 fully saturated rings. The van der Waals surface area contributed by atoms with E-state index in [4.69, 9.17) is 5.11 Å². The predicted molar refractivity (Wildman–Crippen MR) is 84.4 cm³/mol. The molecule has 2 rings (SSSR count). The topological polar surface area (TPSA) is 108 Å². The fourth-order valence-corrected chi connectivity index (χ4v) is 2.73. The molecule has 0 unspecified atom stereocenters. The average Bonchev–Trinajstić information content (AvgIpc) is 2.72. The van der Waals surface area contributed by atoms with E-state index in [1.807, 2.05) is 13.8 Å². The van der Waals surface area contributed by atoms with Crippen LogP contribution in [0.1, 0.15) is 23.2 Å². The molecule has 0 aromatic carbocycles. The number of hydrogen-bond donors (Lipinski definition) is 2. The van der Waals surface area contributed by atoms with Crippen molar-refractivity contribution < 1.29 is 14.7 Å². The van der Waals surface area contributed by atoms with Gasteiger partial charge in [0.2, 0.25) is 5.91 Å². The molecule has 124 valence electrons. The van der Waals surface area contributed by atoms with E-state index >= 15 is 0 Å². The number of hydrogen-bond acceptors (Lipinski definition) is 4. The highest BCUT2D eigenvalue weighted by Crippen LogP contribution is 2.21. The fourth-order valence-electron chi connectivity index (χ4n) is 2.73. The van der Waals surface area contributed by atoms with Crippen molar-refractivity contribution >= 4 is 22.9 Å². The minimum Gasteiger partial charge on any atom is -0.480 e. The second-order valence-electron chi connectivity index (χ2n) is 5.64. The first-order valence-corrected chi connectivity index (χ1v) is 7.23. The summed E-state index contributed by atoms with van der Waals surface area (Å²) in [7, 11) is 3.18. The lowest BCUT2D eigenvalue weighted by molar-refractivity contribution is -0.143. The zero-order valence-corrected chi connectivity index (χ0v) is 13.6. The molecule has 0 bridgehead atoms. The van der Waals surface area contributed by atoms with Crippen molar-refractivity contribution in [2.24, 2.45) is 7.05 Å². The SMILES string of the molecule is Cc1nc2c(c(C)c1CCC(=O)N(C)CC(=O)O)c(=O)[nH]n2C. The molecular formula is C15H20N4O4. The molecule has 2 N–H and O–H groups in total. The first-order chi connectivity index (χ1) is 10.7. The standard InChI is InChI=1S/C15H20N4O4/c1-8-10(5-6-11(20)18(3)7-12(21)22)9(2)16-14-13(8)15(23)17-19(14)4/h5-7H2,1-4H3,(H,17,23)(H,21,22). The molecule has 0 aliphatic heterocycles. The van der Waals surface area contributed by atoms with Crippen molar-refractivity contribution in [2.45, 2.75) is 26.7 Å². The van der Waals surface area contributed by atoms with Crippen LogP contribution in [0.3, 0.4) is 0 Å². The van der Waals surface area contributed by atoms with Crippen molar-refractivity contribution in [3.63, 3.8) is 0 Å². The van der Waals surface area contributed by atoms with Crippen LogP contribution < -0.4 is 5.56 Å². The van der Waals surface area contributed by atoms with Crippen molar-refractivity contribution in [1.82, 2.24) is 19.7 Å². The third-order valence-corrected chi connectivity index (χ3v) is 3.96. The first kappa shape index (κ1) is 16.7. The third-order valence-electron chi connectivity index (χ3n) is 3.96. The number of fused-ring (bicyclic) bond motifs is 1. The number of aromatic nitrogens is 3. The summed E-state index contributed by atoms with van der Waals surface area (Å²) in [4.78, 5) is 40.2. The number of aryl methyl sites for hydroxylation is 3. The van der Waals surface area contributed by atoms with Crippen molar-refractivity contribution in [2.75, 3.05) is 13.6 Å². The summed E-state index contributed by atoms with van der Waals surface area (Å²) in [6.45, 7) is 3.35. The number of carbonyl (C=O) groups excluding carboxylic acids is 1. The van der Waals surface area contributed by atoms with E-state index in [-0.39, 0.29) is 24.4 Å². The zero-order chi connectivity index (χ0) is 17.3. The number of amides is 1. The Kier molecular flexibility index (Phi) is 4.53. The predicted octanol–water partition coefficient (Wildman–Crippen LogP) is 0.354. The number of carboxylic acid groups (broad SMARTS) is 1. The van der Waals surface area contributed by atoms with E-state index in [0.717, 1.165) is 16.8 Å². The highest BCUT2D eigenvalue weighted by molar-refractivity contribution is 5.82. The van der Waals surface area contributed by atoms with Crippen LogP contribution in [0.15, 0.2) is 4.79 Å². The summed E-state index contributed by atoms with van der Waals surface area (Å²) in [6, 6.07) is 0. The number of carboxylic acids is 1. The summed E-state index contributed by atoms with van der Waals surface area (Å²) in [5.41, 5.74) is 2.80. The van der Waals surface area contributed by atoms with Gasteiger partial charge in [0, 0.05) is 26.2 Å². The summed E-state index contributed by atoms with van der Waals surface area (Å²) in [6.07, 6.45) is 0.584. The summed E-state index contributed by atoms with van der Waals surface area (Å²) >= 11 is 0. The Hall–Kier alpha value is -2.64. The lowest BCUT2D eigenvalue weighted by Crippen LogP contribution is -2.32. The van der Waals surface area contributed by atoms with Gasteiger partial charge in [-0.25, -0.2) is 4.98 Å². The van der Waals surface area contributed by atoms with Gasteiger partial charge < -0.3 is 10.0 Å². The van der Waals surface area contributed by atoms with E-state index in [2.05, 4.69) is 10.1 Å². The van der Waals surface area contributed by atoms with E-state index in [1.165, 1.54) is 11.9 Å².